The van der Waals surface area contributed by atoms with E-state index in [1.165, 1.54) is 15.8 Å². The van der Waals surface area contributed by atoms with Crippen molar-refractivity contribution in [2.45, 2.75) is 5.41 Å². The van der Waals surface area contributed by atoms with E-state index in [0.717, 1.165) is 94.0 Å². The first-order valence-corrected chi connectivity index (χ1v) is 23.9. The van der Waals surface area contributed by atoms with Crippen molar-refractivity contribution in [1.29, 1.82) is 0 Å². The molecule has 6 nitrogen and oxygen atoms in total. The Hall–Kier alpha value is -8.91. The molecule has 0 saturated heterocycles. The van der Waals surface area contributed by atoms with Crippen LogP contribution in [0.5, 0.6) is 11.5 Å². The summed E-state index contributed by atoms with van der Waals surface area (Å²) in [5.74, 6) is 4.24. The van der Waals surface area contributed by atoms with E-state index >= 15 is 0 Å². The molecule has 0 unspecified atom stereocenters. The zero-order valence-electron chi connectivity index (χ0n) is 36.9. The van der Waals surface area contributed by atoms with Crippen LogP contribution in [0.25, 0.3) is 99.4 Å². The molecule has 7 heteroatoms. The molecule has 1 spiro atoms. The molecule has 4 heterocycles. The Labute approximate surface area is 402 Å². The topological polar surface area (TPSA) is 73.7 Å². The number of hydrogen-bond donors (Lipinski definition) is 0. The predicted molar refractivity (Wildman–Crippen MR) is 278 cm³/mol. The molecule has 0 N–H and O–H groups in total. The molecule has 2 aliphatic rings. The molecule has 0 amide bonds. The van der Waals surface area contributed by atoms with Gasteiger partial charge in [-0.3, -0.25) is 0 Å². The molecular weight excluding hydrogens is 863 g/mol. The van der Waals surface area contributed by atoms with E-state index in [-0.39, 0.29) is 0 Å². The van der Waals surface area contributed by atoms with Crippen molar-refractivity contribution >= 4 is 31.6 Å². The summed E-state index contributed by atoms with van der Waals surface area (Å²) in [5.41, 5.74) is 15.0. The first kappa shape index (κ1) is 39.3. The standard InChI is InChI=1S/C62H37N5OS/c1-4-17-38(18-5-1)55-57-56(45-25-10-15-30-54(45)69-57)64-60(63-55)43-24-16-23-41(35-43)42-31-33-48-46(36-42)47-37-44(61-66-58(39-19-6-2-7-20-39)65-59(67-61)40-21-8-3-9-22-40)32-34-49(47)62(48)50-26-11-13-28-52(50)68-53-29-14-12-27-51(53)62/h1-37H. The van der Waals surface area contributed by atoms with Crippen LogP contribution in [-0.2, 0) is 5.41 Å². The molecule has 322 valence electrons. The van der Waals surface area contributed by atoms with Gasteiger partial charge in [0.05, 0.1) is 21.3 Å². The summed E-state index contributed by atoms with van der Waals surface area (Å²) in [5, 5.41) is 1.14. The highest BCUT2D eigenvalue weighted by Gasteiger charge is 2.51. The Morgan fingerprint density at radius 1 is 0.333 bits per heavy atom. The highest BCUT2D eigenvalue weighted by atomic mass is 32.1. The van der Waals surface area contributed by atoms with Crippen LogP contribution in [-0.4, -0.2) is 24.9 Å². The van der Waals surface area contributed by atoms with Gasteiger partial charge in [-0.2, -0.15) is 0 Å². The van der Waals surface area contributed by atoms with Gasteiger partial charge in [-0.1, -0.05) is 188 Å². The van der Waals surface area contributed by atoms with E-state index in [4.69, 9.17) is 29.7 Å². The normalized spacial score (nSPS) is 12.9. The summed E-state index contributed by atoms with van der Waals surface area (Å²) in [7, 11) is 0. The van der Waals surface area contributed by atoms with E-state index in [1.807, 2.05) is 66.7 Å². The quantitative estimate of drug-likeness (QED) is 0.166. The van der Waals surface area contributed by atoms with Crippen LogP contribution in [0.2, 0.25) is 0 Å². The van der Waals surface area contributed by atoms with E-state index in [2.05, 4.69) is 158 Å². The molecule has 0 radical (unpaired) electrons. The van der Waals surface area contributed by atoms with Crippen LogP contribution >= 0.6 is 11.3 Å². The number of hydrogen-bond acceptors (Lipinski definition) is 7. The second kappa shape index (κ2) is 15.6. The summed E-state index contributed by atoms with van der Waals surface area (Å²) in [6, 6.07) is 78.5. The molecule has 1 aliphatic heterocycles. The largest absolute Gasteiger partial charge is 0.457 e. The van der Waals surface area contributed by atoms with Gasteiger partial charge in [0.15, 0.2) is 23.3 Å². The van der Waals surface area contributed by atoms with Gasteiger partial charge >= 0.3 is 0 Å². The Kier molecular flexibility index (Phi) is 8.87. The Balaban J connectivity index is 0.972. The van der Waals surface area contributed by atoms with Gasteiger partial charge in [-0.15, -0.1) is 11.3 Å². The lowest BCUT2D eigenvalue weighted by Crippen LogP contribution is -2.32. The van der Waals surface area contributed by atoms with Crippen molar-refractivity contribution in [1.82, 2.24) is 24.9 Å². The predicted octanol–water partition coefficient (Wildman–Crippen LogP) is 15.5. The van der Waals surface area contributed by atoms with Gasteiger partial charge in [-0.25, -0.2) is 24.9 Å². The molecule has 14 rings (SSSR count). The third-order valence-corrected chi connectivity index (χ3v) is 14.8. The molecule has 0 saturated carbocycles. The van der Waals surface area contributed by atoms with E-state index in [0.29, 0.717) is 23.3 Å². The van der Waals surface area contributed by atoms with Crippen molar-refractivity contribution in [2.24, 2.45) is 0 Å². The van der Waals surface area contributed by atoms with E-state index < -0.39 is 5.41 Å². The van der Waals surface area contributed by atoms with Crippen molar-refractivity contribution in [3.63, 3.8) is 0 Å². The number of fused-ring (bicyclic) bond motifs is 12. The third kappa shape index (κ3) is 6.21. The molecule has 0 fully saturated rings. The number of rotatable bonds is 6. The number of aromatic nitrogens is 5. The first-order valence-electron chi connectivity index (χ1n) is 23.1. The summed E-state index contributed by atoms with van der Waals surface area (Å²) >= 11 is 1.75. The Morgan fingerprint density at radius 3 is 1.45 bits per heavy atom. The maximum absolute atomic E-state index is 6.69. The fraction of sp³-hybridized carbons (Fsp3) is 0.0161. The lowest BCUT2D eigenvalue weighted by Gasteiger charge is -2.39. The van der Waals surface area contributed by atoms with Gasteiger partial charge in [-0.05, 0) is 69.8 Å². The van der Waals surface area contributed by atoms with Crippen molar-refractivity contribution in [3.05, 3.63) is 247 Å². The Morgan fingerprint density at radius 2 is 0.797 bits per heavy atom. The monoisotopic (exact) mass is 899 g/mol. The van der Waals surface area contributed by atoms with Crippen LogP contribution < -0.4 is 4.74 Å². The minimum atomic E-state index is -0.654. The summed E-state index contributed by atoms with van der Waals surface area (Å²) < 4.78 is 8.98. The third-order valence-electron chi connectivity index (χ3n) is 13.6. The molecule has 69 heavy (non-hydrogen) atoms. The van der Waals surface area contributed by atoms with Gasteiger partial charge in [0.2, 0.25) is 0 Å². The van der Waals surface area contributed by atoms with Crippen molar-refractivity contribution < 1.29 is 4.74 Å². The molecular formula is C62H37N5OS. The second-order valence-electron chi connectivity index (χ2n) is 17.5. The number of para-hydroxylation sites is 2. The average Bonchev–Trinajstić information content (AvgIpc) is 3.94. The summed E-state index contributed by atoms with van der Waals surface area (Å²) in [4.78, 5) is 26.0. The number of ether oxygens (including phenoxy) is 1. The van der Waals surface area contributed by atoms with Crippen LogP contribution in [0.1, 0.15) is 22.3 Å². The fourth-order valence-electron chi connectivity index (χ4n) is 10.5. The van der Waals surface area contributed by atoms with E-state index in [9.17, 15) is 0 Å². The van der Waals surface area contributed by atoms with Gasteiger partial charge in [0, 0.05) is 49.0 Å². The number of nitrogens with zero attached hydrogens (tertiary/aromatic N) is 5. The fourth-order valence-corrected chi connectivity index (χ4v) is 11.7. The van der Waals surface area contributed by atoms with Crippen LogP contribution in [0.3, 0.4) is 0 Å². The Bertz CT molecular complexity index is 3900. The molecule has 0 atom stereocenters. The maximum atomic E-state index is 6.69. The molecule has 0 bridgehead atoms. The first-order chi connectivity index (χ1) is 34.2. The minimum Gasteiger partial charge on any atom is -0.457 e. The maximum Gasteiger partial charge on any atom is 0.164 e. The van der Waals surface area contributed by atoms with Gasteiger partial charge < -0.3 is 4.74 Å². The molecule has 12 aromatic rings. The number of benzene rings is 9. The highest BCUT2D eigenvalue weighted by Crippen LogP contribution is 2.62. The SMILES string of the molecule is c1ccc(-c2nc(-c3ccccc3)nc(-c3ccc4c(c3)-c3cc(-c5cccc(-c6nc(-c7ccccc7)c7sc8ccccc8c7n6)c5)ccc3C43c4ccccc4Oc4ccccc43)n2)cc1. The van der Waals surface area contributed by atoms with E-state index in [1.54, 1.807) is 11.3 Å². The van der Waals surface area contributed by atoms with Crippen molar-refractivity contribution in [3.8, 4) is 90.6 Å². The lowest BCUT2D eigenvalue weighted by molar-refractivity contribution is 0.436. The average molecular weight is 900 g/mol. The molecule has 3 aromatic heterocycles. The van der Waals surface area contributed by atoms with Crippen LogP contribution in [0.15, 0.2) is 224 Å². The smallest absolute Gasteiger partial charge is 0.164 e. The highest BCUT2D eigenvalue weighted by molar-refractivity contribution is 7.26. The zero-order valence-corrected chi connectivity index (χ0v) is 37.7. The van der Waals surface area contributed by atoms with Crippen LogP contribution in [0, 0.1) is 0 Å². The van der Waals surface area contributed by atoms with Gasteiger partial charge in [0.25, 0.3) is 0 Å². The van der Waals surface area contributed by atoms with Crippen molar-refractivity contribution in [2.75, 3.05) is 0 Å². The number of thiophene rings is 1. The lowest BCUT2D eigenvalue weighted by atomic mass is 9.66. The zero-order chi connectivity index (χ0) is 45.5. The molecule has 9 aromatic carbocycles. The minimum absolute atomic E-state index is 0.606. The summed E-state index contributed by atoms with van der Waals surface area (Å²) in [6.07, 6.45) is 0. The molecule has 1 aliphatic carbocycles. The second-order valence-corrected chi connectivity index (χ2v) is 18.6. The van der Waals surface area contributed by atoms with Crippen LogP contribution in [0.4, 0.5) is 0 Å². The summed E-state index contributed by atoms with van der Waals surface area (Å²) in [6.45, 7) is 0. The van der Waals surface area contributed by atoms with Gasteiger partial charge in [0.1, 0.15) is 11.5 Å².